The lowest BCUT2D eigenvalue weighted by molar-refractivity contribution is -0.128. The third kappa shape index (κ3) is 3.45. The van der Waals surface area contributed by atoms with Crippen molar-refractivity contribution < 1.29 is 18.7 Å². The van der Waals surface area contributed by atoms with Crippen LogP contribution in [-0.2, 0) is 4.79 Å². The van der Waals surface area contributed by atoms with Crippen LogP contribution in [0.15, 0.2) is 41.0 Å². The quantitative estimate of drug-likeness (QED) is 0.892. The molecule has 0 bridgehead atoms. The zero-order chi connectivity index (χ0) is 18.7. The van der Waals surface area contributed by atoms with Gasteiger partial charge in [0, 0.05) is 11.6 Å². The van der Waals surface area contributed by atoms with E-state index >= 15 is 0 Å². The Kier molecular flexibility index (Phi) is 5.30. The molecule has 0 spiro atoms. The molecule has 1 N–H and O–H groups in total. The molecular formula is C20H24N2O4. The molecule has 0 saturated heterocycles. The molecule has 0 aliphatic carbocycles. The molecule has 1 aromatic heterocycles. The fraction of sp³-hybridized carbons (Fsp3) is 0.400. The van der Waals surface area contributed by atoms with E-state index < -0.39 is 6.10 Å². The summed E-state index contributed by atoms with van der Waals surface area (Å²) in [7, 11) is 0. The molecule has 0 fully saturated rings. The second-order valence-electron chi connectivity index (χ2n) is 6.44. The number of nitrogens with one attached hydrogen (secondary N) is 1. The fourth-order valence-corrected chi connectivity index (χ4v) is 3.06. The van der Waals surface area contributed by atoms with Gasteiger partial charge in [0.2, 0.25) is 0 Å². The van der Waals surface area contributed by atoms with Crippen molar-refractivity contribution in [2.75, 3.05) is 11.4 Å². The zero-order valence-corrected chi connectivity index (χ0v) is 15.3. The number of hydrogen-bond donors (Lipinski definition) is 1. The first-order valence-corrected chi connectivity index (χ1v) is 8.97. The van der Waals surface area contributed by atoms with E-state index in [2.05, 4.69) is 5.32 Å². The highest BCUT2D eigenvalue weighted by Gasteiger charge is 2.35. The molecule has 1 aromatic carbocycles. The van der Waals surface area contributed by atoms with E-state index in [0.29, 0.717) is 11.4 Å². The number of carbonyl (C=O) groups is 2. The minimum atomic E-state index is -0.760. The number of furan rings is 1. The summed E-state index contributed by atoms with van der Waals surface area (Å²) in [6, 6.07) is 9.07. The first-order valence-electron chi connectivity index (χ1n) is 8.97. The number of ether oxygens (including phenoxy) is 1. The average molecular weight is 356 g/mol. The number of amides is 2. The van der Waals surface area contributed by atoms with Gasteiger partial charge in [0.25, 0.3) is 11.8 Å². The lowest BCUT2D eigenvalue weighted by Gasteiger charge is -2.34. The van der Waals surface area contributed by atoms with Crippen molar-refractivity contribution in [1.82, 2.24) is 5.32 Å². The van der Waals surface area contributed by atoms with E-state index in [1.165, 1.54) is 6.26 Å². The molecule has 0 radical (unpaired) electrons. The van der Waals surface area contributed by atoms with Gasteiger partial charge in [-0.1, -0.05) is 26.0 Å². The van der Waals surface area contributed by atoms with Crippen LogP contribution < -0.4 is 15.0 Å². The van der Waals surface area contributed by atoms with Crippen LogP contribution in [-0.4, -0.2) is 30.5 Å². The van der Waals surface area contributed by atoms with E-state index in [1.807, 2.05) is 32.9 Å². The summed E-state index contributed by atoms with van der Waals surface area (Å²) in [5.41, 5.74) is 1.40. The Hall–Kier alpha value is -2.76. The molecule has 138 valence electrons. The van der Waals surface area contributed by atoms with Crippen LogP contribution in [0.4, 0.5) is 5.69 Å². The average Bonchev–Trinajstić information content (AvgIpc) is 3.10. The number of nitrogens with zero attached hydrogens (tertiary/aromatic N) is 1. The number of fused-ring (bicyclic) bond motifs is 1. The molecule has 6 nitrogen and oxygen atoms in total. The smallest absolute Gasteiger partial charge is 0.294 e. The Bertz CT molecular complexity index is 795. The fourth-order valence-electron chi connectivity index (χ4n) is 3.06. The SMILES string of the molecule is CCC(CC)NC(=O)C1CN(C(=O)c2occc2C)c2ccccc2O1. The Morgan fingerprint density at radius 1 is 1.23 bits per heavy atom. The van der Waals surface area contributed by atoms with Crippen LogP contribution in [0.1, 0.15) is 42.8 Å². The number of carbonyl (C=O) groups excluding carboxylic acids is 2. The van der Waals surface area contributed by atoms with Crippen LogP contribution in [0.2, 0.25) is 0 Å². The summed E-state index contributed by atoms with van der Waals surface area (Å²) in [5, 5.41) is 3.00. The molecule has 2 heterocycles. The van der Waals surface area contributed by atoms with Gasteiger partial charge in [0.1, 0.15) is 5.75 Å². The van der Waals surface area contributed by atoms with Gasteiger partial charge >= 0.3 is 0 Å². The standard InChI is InChI=1S/C20H24N2O4/c1-4-14(5-2)21-19(23)17-12-22(15-8-6-7-9-16(15)26-17)20(24)18-13(3)10-11-25-18/h6-11,14,17H,4-5,12H2,1-3H3,(H,21,23). The van der Waals surface area contributed by atoms with Crippen molar-refractivity contribution >= 4 is 17.5 Å². The minimum Gasteiger partial charge on any atom is -0.477 e. The van der Waals surface area contributed by atoms with Crippen LogP contribution in [0.5, 0.6) is 5.75 Å². The Balaban J connectivity index is 1.88. The van der Waals surface area contributed by atoms with Crippen molar-refractivity contribution in [3.8, 4) is 5.75 Å². The van der Waals surface area contributed by atoms with Crippen LogP contribution in [0.3, 0.4) is 0 Å². The number of para-hydroxylation sites is 2. The zero-order valence-electron chi connectivity index (χ0n) is 15.3. The summed E-state index contributed by atoms with van der Waals surface area (Å²) in [4.78, 5) is 27.2. The van der Waals surface area contributed by atoms with Crippen molar-refractivity contribution in [3.05, 3.63) is 47.9 Å². The number of hydrogen-bond acceptors (Lipinski definition) is 4. The molecule has 26 heavy (non-hydrogen) atoms. The van der Waals surface area contributed by atoms with Crippen molar-refractivity contribution in [2.45, 2.75) is 45.8 Å². The Morgan fingerprint density at radius 2 is 1.96 bits per heavy atom. The number of rotatable bonds is 5. The lowest BCUT2D eigenvalue weighted by Crippen LogP contribution is -2.52. The van der Waals surface area contributed by atoms with Gasteiger partial charge in [-0.05, 0) is 38.0 Å². The van der Waals surface area contributed by atoms with Gasteiger partial charge < -0.3 is 14.5 Å². The first-order chi connectivity index (χ1) is 12.5. The molecule has 1 aliphatic heterocycles. The summed E-state index contributed by atoms with van der Waals surface area (Å²) in [6.45, 7) is 6.02. The van der Waals surface area contributed by atoms with Gasteiger partial charge in [-0.3, -0.25) is 14.5 Å². The highest BCUT2D eigenvalue weighted by molar-refractivity contribution is 6.07. The van der Waals surface area contributed by atoms with E-state index in [4.69, 9.17) is 9.15 Å². The second-order valence-corrected chi connectivity index (χ2v) is 6.44. The molecule has 1 unspecified atom stereocenters. The topological polar surface area (TPSA) is 71.8 Å². The van der Waals surface area contributed by atoms with E-state index in [9.17, 15) is 9.59 Å². The maximum absolute atomic E-state index is 13.0. The predicted molar refractivity (Wildman–Crippen MR) is 98.5 cm³/mol. The molecule has 3 rings (SSSR count). The summed E-state index contributed by atoms with van der Waals surface area (Å²) >= 11 is 0. The van der Waals surface area contributed by atoms with E-state index in [1.54, 1.807) is 23.1 Å². The number of anilines is 1. The Labute approximate surface area is 153 Å². The molecule has 2 amide bonds. The highest BCUT2D eigenvalue weighted by Crippen LogP contribution is 2.34. The summed E-state index contributed by atoms with van der Waals surface area (Å²) in [5.74, 6) is 0.313. The molecule has 1 atom stereocenters. The molecular weight excluding hydrogens is 332 g/mol. The predicted octanol–water partition coefficient (Wildman–Crippen LogP) is 3.30. The highest BCUT2D eigenvalue weighted by atomic mass is 16.5. The largest absolute Gasteiger partial charge is 0.477 e. The summed E-state index contributed by atoms with van der Waals surface area (Å²) < 4.78 is 11.2. The first kappa shape index (κ1) is 18.0. The second kappa shape index (κ2) is 7.64. The number of benzene rings is 1. The third-order valence-electron chi connectivity index (χ3n) is 4.70. The van der Waals surface area contributed by atoms with Crippen molar-refractivity contribution in [1.29, 1.82) is 0 Å². The van der Waals surface area contributed by atoms with Crippen LogP contribution in [0.25, 0.3) is 0 Å². The maximum Gasteiger partial charge on any atom is 0.294 e. The third-order valence-corrected chi connectivity index (χ3v) is 4.70. The minimum absolute atomic E-state index is 0.0970. The molecule has 6 heteroatoms. The van der Waals surface area contributed by atoms with E-state index in [0.717, 1.165) is 18.4 Å². The van der Waals surface area contributed by atoms with Crippen LogP contribution >= 0.6 is 0 Å². The molecule has 0 saturated carbocycles. The lowest BCUT2D eigenvalue weighted by atomic mass is 10.1. The Morgan fingerprint density at radius 3 is 2.62 bits per heavy atom. The van der Waals surface area contributed by atoms with E-state index in [-0.39, 0.29) is 30.2 Å². The maximum atomic E-state index is 13.0. The van der Waals surface area contributed by atoms with Crippen molar-refractivity contribution in [3.63, 3.8) is 0 Å². The van der Waals surface area contributed by atoms with Crippen molar-refractivity contribution in [2.24, 2.45) is 0 Å². The van der Waals surface area contributed by atoms with Gasteiger partial charge in [0.15, 0.2) is 11.9 Å². The summed E-state index contributed by atoms with van der Waals surface area (Å²) in [6.07, 6.45) is 2.43. The van der Waals surface area contributed by atoms with Gasteiger partial charge in [0.05, 0.1) is 18.5 Å². The monoisotopic (exact) mass is 356 g/mol. The molecule has 1 aliphatic rings. The van der Waals surface area contributed by atoms with Gasteiger partial charge in [-0.2, -0.15) is 0 Å². The van der Waals surface area contributed by atoms with Gasteiger partial charge in [-0.25, -0.2) is 0 Å². The molecule has 2 aromatic rings. The normalized spacial score (nSPS) is 16.2. The van der Waals surface area contributed by atoms with Crippen LogP contribution in [0, 0.1) is 6.92 Å². The van der Waals surface area contributed by atoms with Gasteiger partial charge in [-0.15, -0.1) is 0 Å². The number of aryl methyl sites for hydroxylation is 1.